The zero-order chi connectivity index (χ0) is 14.5. The Morgan fingerprint density at radius 1 is 0.905 bits per heavy atom. The van der Waals surface area contributed by atoms with Crippen LogP contribution in [0.25, 0.3) is 11.1 Å². The van der Waals surface area contributed by atoms with Crippen molar-refractivity contribution in [3.8, 4) is 22.6 Å². The van der Waals surface area contributed by atoms with Crippen molar-refractivity contribution in [3.05, 3.63) is 78.6 Å². The molecule has 0 amide bonds. The van der Waals surface area contributed by atoms with Gasteiger partial charge in [-0.3, -0.25) is 4.98 Å². The van der Waals surface area contributed by atoms with Crippen LogP contribution in [0.2, 0.25) is 0 Å². The Hall–Kier alpha value is -2.81. The molecule has 0 atom stereocenters. The smallest absolute Gasteiger partial charge is 0.134 e. The number of hydrogen-bond donors (Lipinski definition) is 1. The van der Waals surface area contributed by atoms with Crippen molar-refractivity contribution in [1.29, 1.82) is 0 Å². The van der Waals surface area contributed by atoms with Gasteiger partial charge in [0.25, 0.3) is 0 Å². The van der Waals surface area contributed by atoms with Gasteiger partial charge in [-0.25, -0.2) is 0 Å². The summed E-state index contributed by atoms with van der Waals surface area (Å²) in [5.41, 5.74) is 2.86. The van der Waals surface area contributed by atoms with Crippen LogP contribution < -0.4 is 4.74 Å². The monoisotopic (exact) mass is 277 g/mol. The van der Waals surface area contributed by atoms with Crippen LogP contribution in [0, 0.1) is 0 Å². The molecule has 0 aliphatic carbocycles. The normalized spacial score (nSPS) is 10.3. The first-order valence-electron chi connectivity index (χ1n) is 6.73. The van der Waals surface area contributed by atoms with E-state index in [9.17, 15) is 5.11 Å². The lowest BCUT2D eigenvalue weighted by Crippen LogP contribution is -1.96. The maximum absolute atomic E-state index is 9.57. The summed E-state index contributed by atoms with van der Waals surface area (Å²) in [5.74, 6) is 0.916. The average Bonchev–Trinajstić information content (AvgIpc) is 2.54. The SMILES string of the molecule is Oc1cncc(-c2ccccc2OCc2ccccc2)c1. The lowest BCUT2D eigenvalue weighted by atomic mass is 10.1. The summed E-state index contributed by atoms with van der Waals surface area (Å²) < 4.78 is 5.91. The Bertz CT molecular complexity index is 726. The molecule has 0 aliphatic heterocycles. The standard InChI is InChI=1S/C18H15NO2/c20-16-10-15(11-19-12-16)17-8-4-5-9-18(17)21-13-14-6-2-1-3-7-14/h1-12,20H,13H2. The molecule has 0 saturated heterocycles. The lowest BCUT2D eigenvalue weighted by Gasteiger charge is -2.11. The van der Waals surface area contributed by atoms with Gasteiger partial charge in [0, 0.05) is 17.3 Å². The van der Waals surface area contributed by atoms with Crippen LogP contribution in [0.4, 0.5) is 0 Å². The van der Waals surface area contributed by atoms with E-state index in [-0.39, 0.29) is 5.75 Å². The van der Waals surface area contributed by atoms with E-state index in [0.29, 0.717) is 6.61 Å². The molecule has 3 heteroatoms. The van der Waals surface area contributed by atoms with Gasteiger partial charge in [0.2, 0.25) is 0 Å². The molecule has 0 fully saturated rings. The molecule has 1 heterocycles. The molecule has 0 bridgehead atoms. The van der Waals surface area contributed by atoms with E-state index >= 15 is 0 Å². The number of ether oxygens (including phenoxy) is 1. The maximum atomic E-state index is 9.57. The van der Waals surface area contributed by atoms with E-state index < -0.39 is 0 Å². The predicted octanol–water partition coefficient (Wildman–Crippen LogP) is 4.03. The highest BCUT2D eigenvalue weighted by molar-refractivity contribution is 5.70. The van der Waals surface area contributed by atoms with Crippen LogP contribution in [0.1, 0.15) is 5.56 Å². The molecule has 0 saturated carbocycles. The molecule has 3 rings (SSSR count). The van der Waals surface area contributed by atoms with Crippen LogP contribution in [0.15, 0.2) is 73.1 Å². The van der Waals surface area contributed by atoms with Crippen LogP contribution >= 0.6 is 0 Å². The van der Waals surface area contributed by atoms with Gasteiger partial charge in [-0.1, -0.05) is 48.5 Å². The van der Waals surface area contributed by atoms with Gasteiger partial charge in [-0.2, -0.15) is 0 Å². The van der Waals surface area contributed by atoms with Crippen molar-refractivity contribution in [2.75, 3.05) is 0 Å². The minimum Gasteiger partial charge on any atom is -0.506 e. The van der Waals surface area contributed by atoms with E-state index in [0.717, 1.165) is 22.4 Å². The highest BCUT2D eigenvalue weighted by Gasteiger charge is 2.07. The predicted molar refractivity (Wildman–Crippen MR) is 82.1 cm³/mol. The summed E-state index contributed by atoms with van der Waals surface area (Å²) in [6.45, 7) is 0.504. The minimum absolute atomic E-state index is 0.144. The summed E-state index contributed by atoms with van der Waals surface area (Å²) in [6.07, 6.45) is 3.13. The highest BCUT2D eigenvalue weighted by Crippen LogP contribution is 2.31. The van der Waals surface area contributed by atoms with Gasteiger partial charge in [-0.15, -0.1) is 0 Å². The number of rotatable bonds is 4. The third-order valence-electron chi connectivity index (χ3n) is 3.16. The zero-order valence-corrected chi connectivity index (χ0v) is 11.4. The van der Waals surface area contributed by atoms with Crippen molar-refractivity contribution >= 4 is 0 Å². The van der Waals surface area contributed by atoms with Crippen LogP contribution in [0.3, 0.4) is 0 Å². The summed E-state index contributed by atoms with van der Waals surface area (Å²) in [4.78, 5) is 4.01. The average molecular weight is 277 g/mol. The quantitative estimate of drug-likeness (QED) is 0.782. The minimum atomic E-state index is 0.144. The van der Waals surface area contributed by atoms with Gasteiger partial charge >= 0.3 is 0 Å². The van der Waals surface area contributed by atoms with Crippen molar-refractivity contribution in [1.82, 2.24) is 4.98 Å². The van der Waals surface area contributed by atoms with Crippen LogP contribution in [-0.4, -0.2) is 10.1 Å². The first-order valence-corrected chi connectivity index (χ1v) is 6.73. The molecule has 1 aromatic heterocycles. The first kappa shape index (κ1) is 13.2. The summed E-state index contributed by atoms with van der Waals surface area (Å²) >= 11 is 0. The molecule has 0 radical (unpaired) electrons. The topological polar surface area (TPSA) is 42.4 Å². The third kappa shape index (κ3) is 3.20. The van der Waals surface area contributed by atoms with E-state index in [1.807, 2.05) is 54.6 Å². The second-order valence-corrected chi connectivity index (χ2v) is 4.70. The summed E-state index contributed by atoms with van der Waals surface area (Å²) in [7, 11) is 0. The van der Waals surface area contributed by atoms with Crippen LogP contribution in [0.5, 0.6) is 11.5 Å². The zero-order valence-electron chi connectivity index (χ0n) is 11.4. The molecule has 0 unspecified atom stereocenters. The van der Waals surface area contributed by atoms with Crippen LogP contribution in [-0.2, 0) is 6.61 Å². The number of pyridine rings is 1. The van der Waals surface area contributed by atoms with E-state index in [1.54, 1.807) is 12.3 Å². The second kappa shape index (κ2) is 6.09. The molecule has 1 N–H and O–H groups in total. The largest absolute Gasteiger partial charge is 0.506 e. The molecule has 3 nitrogen and oxygen atoms in total. The van der Waals surface area contributed by atoms with Gasteiger partial charge in [0.15, 0.2) is 0 Å². The van der Waals surface area contributed by atoms with E-state index in [1.165, 1.54) is 6.20 Å². The Balaban J connectivity index is 1.86. The Morgan fingerprint density at radius 2 is 1.67 bits per heavy atom. The number of para-hydroxylation sites is 1. The number of aromatic hydroxyl groups is 1. The molecule has 104 valence electrons. The van der Waals surface area contributed by atoms with E-state index in [2.05, 4.69) is 4.98 Å². The van der Waals surface area contributed by atoms with Crippen molar-refractivity contribution in [2.45, 2.75) is 6.61 Å². The van der Waals surface area contributed by atoms with Gasteiger partial charge < -0.3 is 9.84 Å². The number of aromatic nitrogens is 1. The molecule has 3 aromatic rings. The molecule has 0 aliphatic rings. The second-order valence-electron chi connectivity index (χ2n) is 4.70. The Kier molecular flexibility index (Phi) is 3.83. The number of nitrogens with zero attached hydrogens (tertiary/aromatic N) is 1. The maximum Gasteiger partial charge on any atom is 0.134 e. The molecular formula is C18H15NO2. The molecule has 21 heavy (non-hydrogen) atoms. The number of hydrogen-bond acceptors (Lipinski definition) is 3. The van der Waals surface area contributed by atoms with E-state index in [4.69, 9.17) is 4.74 Å². The van der Waals surface area contributed by atoms with Gasteiger partial charge in [0.1, 0.15) is 18.1 Å². The molecule has 0 spiro atoms. The lowest BCUT2D eigenvalue weighted by molar-refractivity contribution is 0.307. The molecular weight excluding hydrogens is 262 g/mol. The summed E-state index contributed by atoms with van der Waals surface area (Å²) in [5, 5.41) is 9.57. The third-order valence-corrected chi connectivity index (χ3v) is 3.16. The highest BCUT2D eigenvalue weighted by atomic mass is 16.5. The fourth-order valence-corrected chi connectivity index (χ4v) is 2.14. The van der Waals surface area contributed by atoms with Crippen molar-refractivity contribution < 1.29 is 9.84 Å². The fraction of sp³-hybridized carbons (Fsp3) is 0.0556. The number of benzene rings is 2. The molecule has 2 aromatic carbocycles. The summed E-state index contributed by atoms with van der Waals surface area (Å²) in [6, 6.07) is 19.4. The fourth-order valence-electron chi connectivity index (χ4n) is 2.14. The Labute approximate surface area is 123 Å². The van der Waals surface area contributed by atoms with Gasteiger partial charge in [0.05, 0.1) is 6.20 Å². The first-order chi connectivity index (χ1) is 10.3. The van der Waals surface area contributed by atoms with Gasteiger partial charge in [-0.05, 0) is 17.7 Å². The van der Waals surface area contributed by atoms with Crippen molar-refractivity contribution in [3.63, 3.8) is 0 Å². The van der Waals surface area contributed by atoms with Crippen molar-refractivity contribution in [2.24, 2.45) is 0 Å². The Morgan fingerprint density at radius 3 is 2.48 bits per heavy atom.